The van der Waals surface area contributed by atoms with Crippen LogP contribution in [0.4, 0.5) is 0 Å². The Balaban J connectivity index is 3.19. The molecule has 1 rings (SSSR count). The van der Waals surface area contributed by atoms with Gasteiger partial charge in [0, 0.05) is 16.0 Å². The van der Waals surface area contributed by atoms with Crippen LogP contribution in [0.15, 0.2) is 18.2 Å². The van der Waals surface area contributed by atoms with Crippen LogP contribution in [0.1, 0.15) is 36.7 Å². The molecule has 1 aromatic carbocycles. The van der Waals surface area contributed by atoms with Crippen molar-refractivity contribution in [2.24, 2.45) is 5.41 Å². The second kappa shape index (κ2) is 3.74. The van der Waals surface area contributed by atoms with Crippen LogP contribution in [0.2, 0.25) is 5.02 Å². The summed E-state index contributed by atoms with van der Waals surface area (Å²) < 4.78 is 0. The molecule has 0 aromatic heterocycles. The molecule has 0 atom stereocenters. The maximum absolute atomic E-state index is 12.0. The third-order valence-corrected chi connectivity index (χ3v) is 2.36. The maximum Gasteiger partial charge on any atom is 0.168 e. The largest absolute Gasteiger partial charge is 0.294 e. The molecule has 1 nitrogen and oxygen atoms in total. The van der Waals surface area contributed by atoms with Crippen LogP contribution in [0.25, 0.3) is 0 Å². The Morgan fingerprint density at radius 1 is 1.29 bits per heavy atom. The Hall–Kier alpha value is -0.820. The van der Waals surface area contributed by atoms with Crippen molar-refractivity contribution in [3.05, 3.63) is 34.3 Å². The molecule has 0 heterocycles. The SMILES string of the molecule is Cc1ccc(Cl)cc1C(=O)C(C)(C)C. The molecule has 0 fully saturated rings. The number of benzene rings is 1. The number of hydrogen-bond donors (Lipinski definition) is 0. The van der Waals surface area contributed by atoms with Crippen LogP contribution in [0, 0.1) is 12.3 Å². The van der Waals surface area contributed by atoms with Crippen molar-refractivity contribution >= 4 is 17.4 Å². The number of halogens is 1. The lowest BCUT2D eigenvalue weighted by Gasteiger charge is -2.18. The number of carbonyl (C=O) groups excluding carboxylic acids is 1. The molecule has 14 heavy (non-hydrogen) atoms. The van der Waals surface area contributed by atoms with Gasteiger partial charge >= 0.3 is 0 Å². The van der Waals surface area contributed by atoms with Gasteiger partial charge in [0.25, 0.3) is 0 Å². The minimum absolute atomic E-state index is 0.137. The zero-order valence-corrected chi connectivity index (χ0v) is 9.77. The highest BCUT2D eigenvalue weighted by molar-refractivity contribution is 6.31. The monoisotopic (exact) mass is 210 g/mol. The molecule has 0 aliphatic carbocycles. The summed E-state index contributed by atoms with van der Waals surface area (Å²) in [5.41, 5.74) is 1.36. The van der Waals surface area contributed by atoms with Gasteiger partial charge in [0.15, 0.2) is 5.78 Å². The molecule has 0 amide bonds. The van der Waals surface area contributed by atoms with Gasteiger partial charge in [-0.15, -0.1) is 0 Å². The Kier molecular flexibility index (Phi) is 3.01. The van der Waals surface area contributed by atoms with E-state index in [9.17, 15) is 4.79 Å². The summed E-state index contributed by atoms with van der Waals surface area (Å²) in [6, 6.07) is 5.42. The molecule has 0 saturated carbocycles. The average Bonchev–Trinajstić information content (AvgIpc) is 2.06. The molecule has 0 N–H and O–H groups in total. The lowest BCUT2D eigenvalue weighted by Crippen LogP contribution is -2.21. The Labute approximate surface area is 90.1 Å². The lowest BCUT2D eigenvalue weighted by molar-refractivity contribution is 0.0857. The summed E-state index contributed by atoms with van der Waals surface area (Å²) >= 11 is 5.86. The smallest absolute Gasteiger partial charge is 0.168 e. The summed E-state index contributed by atoms with van der Waals surface area (Å²) in [4.78, 5) is 12.0. The molecule has 2 heteroatoms. The van der Waals surface area contributed by atoms with Crippen molar-refractivity contribution in [2.45, 2.75) is 27.7 Å². The predicted octanol–water partition coefficient (Wildman–Crippen LogP) is 3.88. The van der Waals surface area contributed by atoms with E-state index in [0.29, 0.717) is 5.02 Å². The summed E-state index contributed by atoms with van der Waals surface area (Å²) in [7, 11) is 0. The second-order valence-electron chi connectivity index (χ2n) is 4.54. The van der Waals surface area contributed by atoms with Gasteiger partial charge in [-0.25, -0.2) is 0 Å². The molecular formula is C12H15ClO. The average molecular weight is 211 g/mol. The molecule has 0 spiro atoms. The van der Waals surface area contributed by atoms with Crippen LogP contribution in [0.3, 0.4) is 0 Å². The van der Waals surface area contributed by atoms with Crippen molar-refractivity contribution in [2.75, 3.05) is 0 Å². The van der Waals surface area contributed by atoms with Gasteiger partial charge in [0.2, 0.25) is 0 Å². The third-order valence-electron chi connectivity index (χ3n) is 2.13. The molecule has 0 aliphatic rings. The fourth-order valence-electron chi connectivity index (χ4n) is 1.24. The summed E-state index contributed by atoms with van der Waals surface area (Å²) in [6.45, 7) is 7.66. The van der Waals surface area contributed by atoms with Gasteiger partial charge in [0.1, 0.15) is 0 Å². The van der Waals surface area contributed by atoms with Crippen LogP contribution >= 0.6 is 11.6 Å². The standard InChI is InChI=1S/C12H15ClO/c1-8-5-6-9(13)7-10(8)11(14)12(2,3)4/h5-7H,1-4H3. The van der Waals surface area contributed by atoms with Crippen molar-refractivity contribution in [1.82, 2.24) is 0 Å². The van der Waals surface area contributed by atoms with Gasteiger partial charge in [0.05, 0.1) is 0 Å². The van der Waals surface area contributed by atoms with E-state index in [4.69, 9.17) is 11.6 Å². The maximum atomic E-state index is 12.0. The van der Waals surface area contributed by atoms with Crippen molar-refractivity contribution in [3.8, 4) is 0 Å². The van der Waals surface area contributed by atoms with Crippen LogP contribution < -0.4 is 0 Å². The first-order valence-electron chi connectivity index (χ1n) is 4.63. The molecule has 76 valence electrons. The van der Waals surface area contributed by atoms with Gasteiger partial charge < -0.3 is 0 Å². The van der Waals surface area contributed by atoms with Crippen molar-refractivity contribution < 1.29 is 4.79 Å². The molecule has 0 saturated heterocycles. The van der Waals surface area contributed by atoms with Crippen molar-refractivity contribution in [3.63, 3.8) is 0 Å². The van der Waals surface area contributed by atoms with Crippen LogP contribution in [-0.4, -0.2) is 5.78 Å². The minimum Gasteiger partial charge on any atom is -0.294 e. The molecular weight excluding hydrogens is 196 g/mol. The van der Waals surface area contributed by atoms with E-state index < -0.39 is 0 Å². The van der Waals surface area contributed by atoms with E-state index in [1.54, 1.807) is 12.1 Å². The number of ketones is 1. The van der Waals surface area contributed by atoms with Gasteiger partial charge in [-0.3, -0.25) is 4.79 Å². The van der Waals surface area contributed by atoms with E-state index in [-0.39, 0.29) is 11.2 Å². The number of aryl methyl sites for hydroxylation is 1. The first kappa shape index (κ1) is 11.3. The van der Waals surface area contributed by atoms with Gasteiger partial charge in [-0.2, -0.15) is 0 Å². The highest BCUT2D eigenvalue weighted by Crippen LogP contribution is 2.24. The molecule has 0 radical (unpaired) electrons. The summed E-state index contributed by atoms with van der Waals surface area (Å²) in [5.74, 6) is 0.137. The summed E-state index contributed by atoms with van der Waals surface area (Å²) in [5, 5.41) is 0.614. The lowest BCUT2D eigenvalue weighted by atomic mass is 9.85. The van der Waals surface area contributed by atoms with E-state index in [0.717, 1.165) is 11.1 Å². The van der Waals surface area contributed by atoms with Crippen molar-refractivity contribution in [1.29, 1.82) is 0 Å². The molecule has 0 unspecified atom stereocenters. The Bertz CT molecular complexity index is 361. The zero-order valence-electron chi connectivity index (χ0n) is 9.02. The fourth-order valence-corrected chi connectivity index (χ4v) is 1.41. The molecule has 0 aliphatic heterocycles. The number of hydrogen-bond acceptors (Lipinski definition) is 1. The normalized spacial score (nSPS) is 11.5. The highest BCUT2D eigenvalue weighted by atomic mass is 35.5. The van der Waals surface area contributed by atoms with Crippen LogP contribution in [-0.2, 0) is 0 Å². The fraction of sp³-hybridized carbons (Fsp3) is 0.417. The number of carbonyl (C=O) groups is 1. The zero-order chi connectivity index (χ0) is 10.9. The van der Waals surface area contributed by atoms with E-state index in [2.05, 4.69) is 0 Å². The van der Waals surface area contributed by atoms with E-state index in [1.807, 2.05) is 33.8 Å². The first-order valence-corrected chi connectivity index (χ1v) is 5.01. The third kappa shape index (κ3) is 2.36. The second-order valence-corrected chi connectivity index (χ2v) is 4.97. The highest BCUT2D eigenvalue weighted by Gasteiger charge is 2.24. The Morgan fingerprint density at radius 2 is 1.86 bits per heavy atom. The first-order chi connectivity index (χ1) is 6.32. The number of rotatable bonds is 1. The molecule has 0 bridgehead atoms. The number of Topliss-reactive ketones (excluding diaryl/α,β-unsaturated/α-hetero) is 1. The topological polar surface area (TPSA) is 17.1 Å². The predicted molar refractivity (Wildman–Crippen MR) is 60.0 cm³/mol. The van der Waals surface area contributed by atoms with Gasteiger partial charge in [-0.1, -0.05) is 38.4 Å². The Morgan fingerprint density at radius 3 is 2.36 bits per heavy atom. The molecule has 1 aromatic rings. The quantitative estimate of drug-likeness (QED) is 0.643. The van der Waals surface area contributed by atoms with E-state index >= 15 is 0 Å². The van der Waals surface area contributed by atoms with Gasteiger partial charge in [-0.05, 0) is 24.6 Å². The van der Waals surface area contributed by atoms with E-state index in [1.165, 1.54) is 0 Å². The minimum atomic E-state index is -0.352. The summed E-state index contributed by atoms with van der Waals surface area (Å²) in [6.07, 6.45) is 0. The van der Waals surface area contributed by atoms with Crippen LogP contribution in [0.5, 0.6) is 0 Å².